The molecule has 0 amide bonds. The van der Waals surface area contributed by atoms with Crippen molar-refractivity contribution < 1.29 is 0 Å². The minimum absolute atomic E-state index is 0.754. The van der Waals surface area contributed by atoms with Crippen molar-refractivity contribution in [2.24, 2.45) is 0 Å². The number of hydrogen-bond donors (Lipinski definition) is 0. The van der Waals surface area contributed by atoms with E-state index in [0.717, 1.165) is 22.0 Å². The highest BCUT2D eigenvalue weighted by molar-refractivity contribution is 6.31. The summed E-state index contributed by atoms with van der Waals surface area (Å²) < 4.78 is 0. The maximum atomic E-state index is 6.02. The molecule has 0 nitrogen and oxygen atoms in total. The molecule has 0 aliphatic heterocycles. The molecule has 0 aliphatic carbocycles. The molecule has 2 aromatic carbocycles. The third-order valence-corrected chi connectivity index (χ3v) is 3.30. The first kappa shape index (κ1) is 13.2. The van der Waals surface area contributed by atoms with Crippen LogP contribution < -0.4 is 0 Å². The molecule has 0 bridgehead atoms. The van der Waals surface area contributed by atoms with Gasteiger partial charge in [0.05, 0.1) is 0 Å². The van der Waals surface area contributed by atoms with Gasteiger partial charge in [-0.05, 0) is 47.4 Å². The van der Waals surface area contributed by atoms with E-state index in [2.05, 4.69) is 25.1 Å². The molecule has 2 aromatic rings. The molecule has 0 unspecified atom stereocenters. The van der Waals surface area contributed by atoms with Crippen molar-refractivity contribution in [2.75, 3.05) is 0 Å². The summed E-state index contributed by atoms with van der Waals surface area (Å²) in [4.78, 5) is 0. The van der Waals surface area contributed by atoms with E-state index < -0.39 is 0 Å². The standard InChI is InChI=1S/C16H14Cl2/c1-2-13-7-10-16(18)11-14(13)6-3-12-4-8-15(17)9-5-12/h3-11H,2H2,1H3. The molecular weight excluding hydrogens is 263 g/mol. The predicted octanol–water partition coefficient (Wildman–Crippen LogP) is 5.73. The van der Waals surface area contributed by atoms with E-state index in [1.54, 1.807) is 0 Å². The predicted molar refractivity (Wildman–Crippen MR) is 81.2 cm³/mol. The van der Waals surface area contributed by atoms with Gasteiger partial charge >= 0.3 is 0 Å². The minimum Gasteiger partial charge on any atom is -0.0843 e. The summed E-state index contributed by atoms with van der Waals surface area (Å²) in [7, 11) is 0. The van der Waals surface area contributed by atoms with Gasteiger partial charge in [0, 0.05) is 10.0 Å². The molecule has 0 atom stereocenters. The summed E-state index contributed by atoms with van der Waals surface area (Å²) in [6.07, 6.45) is 5.16. The second-order valence-corrected chi connectivity index (χ2v) is 4.95. The summed E-state index contributed by atoms with van der Waals surface area (Å²) in [6, 6.07) is 13.8. The number of halogens is 2. The number of hydrogen-bond acceptors (Lipinski definition) is 0. The fourth-order valence-corrected chi connectivity index (χ4v) is 2.11. The first-order chi connectivity index (χ1) is 8.69. The zero-order valence-electron chi connectivity index (χ0n) is 10.2. The summed E-state index contributed by atoms with van der Waals surface area (Å²) >= 11 is 11.9. The minimum atomic E-state index is 0.754. The van der Waals surface area contributed by atoms with Crippen LogP contribution in [-0.4, -0.2) is 0 Å². The van der Waals surface area contributed by atoms with Gasteiger partial charge in [0.2, 0.25) is 0 Å². The first-order valence-corrected chi connectivity index (χ1v) is 6.66. The van der Waals surface area contributed by atoms with Gasteiger partial charge in [0.15, 0.2) is 0 Å². The Morgan fingerprint density at radius 1 is 0.889 bits per heavy atom. The molecule has 0 heterocycles. The molecule has 0 aliphatic rings. The van der Waals surface area contributed by atoms with Gasteiger partial charge in [-0.3, -0.25) is 0 Å². The largest absolute Gasteiger partial charge is 0.0843 e. The van der Waals surface area contributed by atoms with Crippen LogP contribution in [0.2, 0.25) is 10.0 Å². The second kappa shape index (κ2) is 6.08. The molecular formula is C16H14Cl2. The lowest BCUT2D eigenvalue weighted by atomic mass is 10.0. The Kier molecular flexibility index (Phi) is 4.46. The Bertz CT molecular complexity index is 554. The Morgan fingerprint density at radius 3 is 2.22 bits per heavy atom. The van der Waals surface area contributed by atoms with Gasteiger partial charge in [-0.15, -0.1) is 0 Å². The third kappa shape index (κ3) is 3.38. The monoisotopic (exact) mass is 276 g/mol. The SMILES string of the molecule is CCc1ccc(Cl)cc1C=Cc1ccc(Cl)cc1. The van der Waals surface area contributed by atoms with Crippen molar-refractivity contribution in [1.29, 1.82) is 0 Å². The summed E-state index contributed by atoms with van der Waals surface area (Å²) in [5, 5.41) is 1.52. The van der Waals surface area contributed by atoms with E-state index in [4.69, 9.17) is 23.2 Å². The average molecular weight is 277 g/mol. The van der Waals surface area contributed by atoms with E-state index in [1.807, 2.05) is 36.4 Å². The van der Waals surface area contributed by atoms with Crippen LogP contribution in [-0.2, 0) is 6.42 Å². The summed E-state index contributed by atoms with van der Waals surface area (Å²) in [5.41, 5.74) is 3.59. The highest BCUT2D eigenvalue weighted by Gasteiger charge is 1.98. The molecule has 92 valence electrons. The van der Waals surface area contributed by atoms with Crippen LogP contribution in [0.3, 0.4) is 0 Å². The van der Waals surface area contributed by atoms with Crippen LogP contribution in [0, 0.1) is 0 Å². The zero-order chi connectivity index (χ0) is 13.0. The smallest absolute Gasteiger partial charge is 0.0412 e. The Hall–Kier alpha value is -1.24. The van der Waals surface area contributed by atoms with E-state index >= 15 is 0 Å². The van der Waals surface area contributed by atoms with Gasteiger partial charge in [0.25, 0.3) is 0 Å². The van der Waals surface area contributed by atoms with Crippen LogP contribution in [0.5, 0.6) is 0 Å². The number of aryl methyl sites for hydroxylation is 1. The molecule has 0 spiro atoms. The third-order valence-electron chi connectivity index (χ3n) is 2.81. The van der Waals surface area contributed by atoms with Crippen molar-refractivity contribution in [3.8, 4) is 0 Å². The molecule has 0 radical (unpaired) electrons. The Morgan fingerprint density at radius 2 is 1.56 bits per heavy atom. The number of benzene rings is 2. The van der Waals surface area contributed by atoms with E-state index in [9.17, 15) is 0 Å². The maximum absolute atomic E-state index is 6.02. The Labute approximate surface area is 118 Å². The van der Waals surface area contributed by atoms with Gasteiger partial charge in [-0.25, -0.2) is 0 Å². The number of rotatable bonds is 3. The molecule has 0 aromatic heterocycles. The lowest BCUT2D eigenvalue weighted by Crippen LogP contribution is -1.85. The van der Waals surface area contributed by atoms with Gasteiger partial charge in [-0.1, -0.05) is 60.5 Å². The lowest BCUT2D eigenvalue weighted by molar-refractivity contribution is 1.13. The molecule has 18 heavy (non-hydrogen) atoms. The van der Waals surface area contributed by atoms with Crippen LogP contribution in [0.15, 0.2) is 42.5 Å². The maximum Gasteiger partial charge on any atom is 0.0412 e. The average Bonchev–Trinajstić information content (AvgIpc) is 2.38. The van der Waals surface area contributed by atoms with Crippen LogP contribution >= 0.6 is 23.2 Å². The fourth-order valence-electron chi connectivity index (χ4n) is 1.80. The van der Waals surface area contributed by atoms with E-state index in [1.165, 1.54) is 11.1 Å². The molecule has 0 fully saturated rings. The lowest BCUT2D eigenvalue weighted by Gasteiger charge is -2.03. The van der Waals surface area contributed by atoms with Gasteiger partial charge < -0.3 is 0 Å². The molecule has 2 rings (SSSR count). The highest BCUT2D eigenvalue weighted by Crippen LogP contribution is 2.19. The van der Waals surface area contributed by atoms with Crippen molar-refractivity contribution in [2.45, 2.75) is 13.3 Å². The van der Waals surface area contributed by atoms with Crippen molar-refractivity contribution in [1.82, 2.24) is 0 Å². The van der Waals surface area contributed by atoms with Crippen LogP contribution in [0.25, 0.3) is 12.2 Å². The van der Waals surface area contributed by atoms with Gasteiger partial charge in [0.1, 0.15) is 0 Å². The molecule has 0 saturated carbocycles. The molecule has 0 saturated heterocycles. The van der Waals surface area contributed by atoms with E-state index in [0.29, 0.717) is 0 Å². The summed E-state index contributed by atoms with van der Waals surface area (Å²) in [6.45, 7) is 2.14. The van der Waals surface area contributed by atoms with Crippen LogP contribution in [0.4, 0.5) is 0 Å². The molecule has 0 N–H and O–H groups in total. The van der Waals surface area contributed by atoms with Crippen molar-refractivity contribution in [3.05, 3.63) is 69.2 Å². The summed E-state index contributed by atoms with van der Waals surface area (Å²) in [5.74, 6) is 0. The topological polar surface area (TPSA) is 0 Å². The Balaban J connectivity index is 2.27. The second-order valence-electron chi connectivity index (χ2n) is 4.08. The van der Waals surface area contributed by atoms with Crippen molar-refractivity contribution in [3.63, 3.8) is 0 Å². The first-order valence-electron chi connectivity index (χ1n) is 5.91. The van der Waals surface area contributed by atoms with Crippen LogP contribution in [0.1, 0.15) is 23.6 Å². The normalized spacial score (nSPS) is 11.1. The van der Waals surface area contributed by atoms with E-state index in [-0.39, 0.29) is 0 Å². The van der Waals surface area contributed by atoms with Crippen molar-refractivity contribution >= 4 is 35.4 Å². The quantitative estimate of drug-likeness (QED) is 0.629. The van der Waals surface area contributed by atoms with Gasteiger partial charge in [-0.2, -0.15) is 0 Å². The fraction of sp³-hybridized carbons (Fsp3) is 0.125. The highest BCUT2D eigenvalue weighted by atomic mass is 35.5. The zero-order valence-corrected chi connectivity index (χ0v) is 11.7. The molecule has 2 heteroatoms.